The second-order valence-corrected chi connectivity index (χ2v) is 7.58. The van der Waals surface area contributed by atoms with Crippen molar-refractivity contribution < 1.29 is 24.1 Å². The van der Waals surface area contributed by atoms with E-state index in [1.165, 1.54) is 6.07 Å². The number of aromatic nitrogens is 3. The highest BCUT2D eigenvalue weighted by molar-refractivity contribution is 5.91. The molecule has 0 unspecified atom stereocenters. The van der Waals surface area contributed by atoms with Crippen molar-refractivity contribution in [3.05, 3.63) is 59.7 Å². The fraction of sp³-hybridized carbons (Fsp3) is 0.333. The number of carbonyl (C=O) groups is 1. The molecule has 3 aromatic rings. The number of hydrogen-bond donors (Lipinski definition) is 3. The molecule has 2 heterocycles. The number of ether oxygens (including phenoxy) is 3. The molecule has 0 aliphatic carbocycles. The van der Waals surface area contributed by atoms with Gasteiger partial charge in [0.15, 0.2) is 0 Å². The lowest BCUT2D eigenvalue weighted by atomic mass is 10.1. The van der Waals surface area contributed by atoms with Crippen molar-refractivity contribution in [1.82, 2.24) is 15.0 Å². The Balaban J connectivity index is 1.70. The molecule has 3 N–H and O–H groups in total. The standard InChI is InChI=1S/C24H27N5O5/c1-2-33-24-28-22-25-17-10-11-18(21(30)31)20(14-17)34-13-7-6-12-32-15-19(26-23(27-22)29-24)16-8-4-3-5-9-16/h3-5,8-11,14,19H,2,6-7,12-13,15H2,1H3,(H,30,31)(H2,25,26,27,28,29)/t19-/m1/s1. The summed E-state index contributed by atoms with van der Waals surface area (Å²) in [6, 6.07) is 14.7. The van der Waals surface area contributed by atoms with Gasteiger partial charge in [0.25, 0.3) is 0 Å². The number of carboxylic acids is 1. The van der Waals surface area contributed by atoms with Gasteiger partial charge in [-0.05, 0) is 37.5 Å². The Morgan fingerprint density at radius 1 is 1.09 bits per heavy atom. The first-order valence-electron chi connectivity index (χ1n) is 11.2. The van der Waals surface area contributed by atoms with Gasteiger partial charge in [0, 0.05) is 18.4 Å². The number of nitrogens with one attached hydrogen (secondary N) is 2. The van der Waals surface area contributed by atoms with Crippen LogP contribution in [0.5, 0.6) is 11.8 Å². The van der Waals surface area contributed by atoms with Gasteiger partial charge in [0.2, 0.25) is 11.9 Å². The molecule has 178 valence electrons. The number of fused-ring (bicyclic) bond motifs is 4. The van der Waals surface area contributed by atoms with Gasteiger partial charge in [-0.25, -0.2) is 4.79 Å². The third kappa shape index (κ3) is 6.10. The van der Waals surface area contributed by atoms with Gasteiger partial charge in [-0.2, -0.15) is 15.0 Å². The van der Waals surface area contributed by atoms with E-state index in [9.17, 15) is 9.90 Å². The first kappa shape index (κ1) is 23.2. The summed E-state index contributed by atoms with van der Waals surface area (Å²) in [4.78, 5) is 24.8. The zero-order chi connectivity index (χ0) is 23.8. The van der Waals surface area contributed by atoms with Crippen LogP contribution in [0.15, 0.2) is 48.5 Å². The smallest absolute Gasteiger partial charge is 0.339 e. The molecule has 10 heteroatoms. The summed E-state index contributed by atoms with van der Waals surface area (Å²) in [5.74, 6) is -0.220. The Kier molecular flexibility index (Phi) is 7.71. The number of rotatable bonds is 4. The van der Waals surface area contributed by atoms with Crippen molar-refractivity contribution >= 4 is 23.6 Å². The first-order chi connectivity index (χ1) is 16.6. The number of benzene rings is 2. The SMILES string of the molecule is CCOc1nc2nc(n1)N[C@@H](c1ccccc1)COCCCCOc1cc(ccc1C(=O)O)N2. The minimum Gasteiger partial charge on any atom is -0.493 e. The molecule has 4 bridgehead atoms. The van der Waals surface area contributed by atoms with Gasteiger partial charge in [-0.3, -0.25) is 0 Å². The van der Waals surface area contributed by atoms with E-state index in [0.717, 1.165) is 18.4 Å². The van der Waals surface area contributed by atoms with E-state index in [1.54, 1.807) is 12.1 Å². The zero-order valence-electron chi connectivity index (χ0n) is 18.9. The van der Waals surface area contributed by atoms with Crippen LogP contribution in [-0.2, 0) is 4.74 Å². The molecule has 0 radical (unpaired) electrons. The Bertz CT molecular complexity index is 1110. The van der Waals surface area contributed by atoms with Crippen LogP contribution in [0, 0.1) is 0 Å². The molecule has 0 amide bonds. The van der Waals surface area contributed by atoms with Crippen LogP contribution in [0.4, 0.5) is 17.6 Å². The van der Waals surface area contributed by atoms with E-state index in [-0.39, 0.29) is 29.3 Å². The molecule has 0 spiro atoms. The topological polar surface area (TPSA) is 128 Å². The molecule has 0 saturated heterocycles. The van der Waals surface area contributed by atoms with Crippen LogP contribution in [0.1, 0.15) is 41.7 Å². The second kappa shape index (κ2) is 11.3. The summed E-state index contributed by atoms with van der Waals surface area (Å²) in [6.07, 6.45) is 1.49. The average molecular weight is 466 g/mol. The summed E-state index contributed by atoms with van der Waals surface area (Å²) in [5.41, 5.74) is 1.70. The van der Waals surface area contributed by atoms with Gasteiger partial charge in [-0.15, -0.1) is 0 Å². The minimum atomic E-state index is -1.06. The van der Waals surface area contributed by atoms with Gasteiger partial charge in [-0.1, -0.05) is 30.3 Å². The van der Waals surface area contributed by atoms with E-state index in [1.807, 2.05) is 37.3 Å². The molecule has 1 aliphatic heterocycles. The Labute approximate surface area is 197 Å². The zero-order valence-corrected chi connectivity index (χ0v) is 18.9. The highest BCUT2D eigenvalue weighted by Crippen LogP contribution is 2.27. The molecule has 0 fully saturated rings. The van der Waals surface area contributed by atoms with Crippen LogP contribution in [-0.4, -0.2) is 52.5 Å². The highest BCUT2D eigenvalue weighted by Gasteiger charge is 2.17. The summed E-state index contributed by atoms with van der Waals surface area (Å²) < 4.78 is 17.2. The van der Waals surface area contributed by atoms with E-state index in [2.05, 4.69) is 25.6 Å². The lowest BCUT2D eigenvalue weighted by Gasteiger charge is -2.20. The van der Waals surface area contributed by atoms with Crippen LogP contribution < -0.4 is 20.1 Å². The fourth-order valence-electron chi connectivity index (χ4n) is 3.45. The maximum atomic E-state index is 11.6. The number of carboxylic acid groups (broad SMARTS) is 1. The van der Waals surface area contributed by atoms with Crippen LogP contribution in [0.3, 0.4) is 0 Å². The minimum absolute atomic E-state index is 0.0848. The number of hydrogen-bond acceptors (Lipinski definition) is 9. The van der Waals surface area contributed by atoms with Crippen LogP contribution in [0.25, 0.3) is 0 Å². The third-order valence-corrected chi connectivity index (χ3v) is 5.09. The Morgan fingerprint density at radius 2 is 1.88 bits per heavy atom. The number of nitrogens with zero attached hydrogens (tertiary/aromatic N) is 3. The molecular formula is C24H27N5O5. The van der Waals surface area contributed by atoms with Crippen molar-refractivity contribution in [2.45, 2.75) is 25.8 Å². The Morgan fingerprint density at radius 3 is 2.68 bits per heavy atom. The number of anilines is 3. The summed E-state index contributed by atoms with van der Waals surface area (Å²) >= 11 is 0. The number of aromatic carboxylic acids is 1. The molecular weight excluding hydrogens is 438 g/mol. The monoisotopic (exact) mass is 465 g/mol. The largest absolute Gasteiger partial charge is 0.493 e. The van der Waals surface area contributed by atoms with Crippen LogP contribution in [0.2, 0.25) is 0 Å². The fourth-order valence-corrected chi connectivity index (χ4v) is 3.45. The van der Waals surface area contributed by atoms with Crippen LogP contribution >= 0.6 is 0 Å². The van der Waals surface area contributed by atoms with E-state index < -0.39 is 5.97 Å². The normalized spacial score (nSPS) is 16.4. The van der Waals surface area contributed by atoms with Crippen molar-refractivity contribution in [1.29, 1.82) is 0 Å². The predicted molar refractivity (Wildman–Crippen MR) is 126 cm³/mol. The molecule has 0 saturated carbocycles. The maximum absolute atomic E-state index is 11.6. The van der Waals surface area contributed by atoms with Gasteiger partial charge in [0.05, 0.1) is 25.9 Å². The van der Waals surface area contributed by atoms with Crippen molar-refractivity contribution in [3.8, 4) is 11.8 Å². The highest BCUT2D eigenvalue weighted by atomic mass is 16.5. The summed E-state index contributed by atoms with van der Waals surface area (Å²) in [6.45, 7) is 3.55. The van der Waals surface area contributed by atoms with Gasteiger partial charge < -0.3 is 30.0 Å². The quantitative estimate of drug-likeness (QED) is 0.519. The van der Waals surface area contributed by atoms with Crippen molar-refractivity contribution in [3.63, 3.8) is 0 Å². The maximum Gasteiger partial charge on any atom is 0.339 e. The lowest BCUT2D eigenvalue weighted by Crippen LogP contribution is -2.20. The van der Waals surface area contributed by atoms with Crippen molar-refractivity contribution in [2.75, 3.05) is 37.1 Å². The Hall–Kier alpha value is -3.92. The van der Waals surface area contributed by atoms with E-state index >= 15 is 0 Å². The lowest BCUT2D eigenvalue weighted by molar-refractivity contribution is 0.0691. The molecule has 10 nitrogen and oxygen atoms in total. The van der Waals surface area contributed by atoms with Gasteiger partial charge in [0.1, 0.15) is 11.3 Å². The van der Waals surface area contributed by atoms with E-state index in [4.69, 9.17) is 14.2 Å². The molecule has 1 aliphatic rings. The van der Waals surface area contributed by atoms with Gasteiger partial charge >= 0.3 is 12.0 Å². The molecule has 1 aromatic heterocycles. The molecule has 4 rings (SSSR count). The summed E-state index contributed by atoms with van der Waals surface area (Å²) in [7, 11) is 0. The van der Waals surface area contributed by atoms with E-state index in [0.29, 0.717) is 38.1 Å². The first-order valence-corrected chi connectivity index (χ1v) is 11.2. The molecule has 1 atom stereocenters. The molecule has 2 aromatic carbocycles. The van der Waals surface area contributed by atoms with Crippen molar-refractivity contribution in [2.24, 2.45) is 0 Å². The summed E-state index contributed by atoms with van der Waals surface area (Å²) in [5, 5.41) is 15.9. The predicted octanol–water partition coefficient (Wildman–Crippen LogP) is 4.05. The average Bonchev–Trinajstić information content (AvgIpc) is 2.83. The second-order valence-electron chi connectivity index (χ2n) is 7.58. The third-order valence-electron chi connectivity index (χ3n) is 5.09. The molecule has 34 heavy (non-hydrogen) atoms.